The fraction of sp³-hybridized carbons (Fsp3) is 0.318. The highest BCUT2D eigenvalue weighted by molar-refractivity contribution is 5.99. The van der Waals surface area contributed by atoms with Crippen LogP contribution in [-0.2, 0) is 0 Å². The molecule has 1 N–H and O–H groups in total. The summed E-state index contributed by atoms with van der Waals surface area (Å²) in [5.74, 6) is 1.81. The van der Waals surface area contributed by atoms with Gasteiger partial charge in [-0.15, -0.1) is 12.4 Å². The van der Waals surface area contributed by atoms with Crippen LogP contribution in [0.25, 0.3) is 21.9 Å². The summed E-state index contributed by atoms with van der Waals surface area (Å²) in [6.45, 7) is 4.68. The molecule has 0 unspecified atom stereocenters. The van der Waals surface area contributed by atoms with Gasteiger partial charge >= 0.3 is 0 Å². The van der Waals surface area contributed by atoms with Crippen LogP contribution in [0.4, 0.5) is 0 Å². The number of benzene rings is 2. The second kappa shape index (κ2) is 9.07. The Morgan fingerprint density at radius 1 is 1.11 bits per heavy atom. The number of pyridine rings is 1. The molecule has 0 spiro atoms. The molecule has 0 radical (unpaired) electrons. The fourth-order valence-electron chi connectivity index (χ4n) is 3.55. The molecule has 0 bridgehead atoms. The molecule has 5 heteroatoms. The molecule has 0 atom stereocenters. The van der Waals surface area contributed by atoms with Crippen molar-refractivity contribution < 1.29 is 9.47 Å². The van der Waals surface area contributed by atoms with Crippen LogP contribution < -0.4 is 14.8 Å². The van der Waals surface area contributed by atoms with Gasteiger partial charge in [0.15, 0.2) is 0 Å². The molecular formula is C22H25ClN2O2. The normalized spacial score (nSPS) is 14.6. The van der Waals surface area contributed by atoms with Gasteiger partial charge in [0, 0.05) is 23.3 Å². The third-order valence-electron chi connectivity index (χ3n) is 4.80. The van der Waals surface area contributed by atoms with Gasteiger partial charge in [-0.05, 0) is 74.1 Å². The highest BCUT2D eigenvalue weighted by Crippen LogP contribution is 2.39. The van der Waals surface area contributed by atoms with Gasteiger partial charge in [-0.25, -0.2) is 0 Å². The van der Waals surface area contributed by atoms with E-state index >= 15 is 0 Å². The van der Waals surface area contributed by atoms with E-state index in [4.69, 9.17) is 9.47 Å². The molecule has 4 nitrogen and oxygen atoms in total. The monoisotopic (exact) mass is 384 g/mol. The van der Waals surface area contributed by atoms with Crippen molar-refractivity contribution in [2.45, 2.75) is 25.9 Å². The van der Waals surface area contributed by atoms with Crippen LogP contribution in [0, 0.1) is 0 Å². The Kier molecular flexibility index (Phi) is 6.54. The van der Waals surface area contributed by atoms with Crippen LogP contribution in [0.5, 0.6) is 11.5 Å². The smallest absolute Gasteiger partial charge is 0.128 e. The summed E-state index contributed by atoms with van der Waals surface area (Å²) >= 11 is 0. The minimum atomic E-state index is 0. The van der Waals surface area contributed by atoms with Crippen molar-refractivity contribution >= 4 is 23.2 Å². The minimum absolute atomic E-state index is 0. The van der Waals surface area contributed by atoms with Crippen molar-refractivity contribution in [2.75, 3.05) is 19.7 Å². The van der Waals surface area contributed by atoms with Crippen molar-refractivity contribution in [2.24, 2.45) is 0 Å². The van der Waals surface area contributed by atoms with E-state index in [9.17, 15) is 0 Å². The quantitative estimate of drug-likeness (QED) is 0.682. The third kappa shape index (κ3) is 4.34. The minimum Gasteiger partial charge on any atom is -0.494 e. The Hall–Kier alpha value is -2.30. The van der Waals surface area contributed by atoms with Crippen molar-refractivity contribution in [3.63, 3.8) is 0 Å². The van der Waals surface area contributed by atoms with Gasteiger partial charge in [0.05, 0.1) is 6.61 Å². The third-order valence-corrected chi connectivity index (χ3v) is 4.80. The summed E-state index contributed by atoms with van der Waals surface area (Å²) in [4.78, 5) is 4.27. The number of hydrogen-bond acceptors (Lipinski definition) is 4. The van der Waals surface area contributed by atoms with E-state index in [1.54, 1.807) is 0 Å². The molecule has 1 fully saturated rings. The average Bonchev–Trinajstić information content (AvgIpc) is 2.69. The Morgan fingerprint density at radius 3 is 2.78 bits per heavy atom. The highest BCUT2D eigenvalue weighted by Gasteiger charge is 2.18. The first-order valence-electron chi connectivity index (χ1n) is 9.32. The Bertz CT molecular complexity index is 894. The first kappa shape index (κ1) is 19.5. The van der Waals surface area contributed by atoms with Crippen molar-refractivity contribution in [1.29, 1.82) is 0 Å². The number of halogens is 1. The highest BCUT2D eigenvalue weighted by atomic mass is 35.5. The molecule has 1 saturated heterocycles. The second-order valence-electron chi connectivity index (χ2n) is 6.56. The predicted molar refractivity (Wildman–Crippen MR) is 112 cm³/mol. The van der Waals surface area contributed by atoms with Gasteiger partial charge in [0.1, 0.15) is 17.6 Å². The number of rotatable bonds is 5. The topological polar surface area (TPSA) is 43.4 Å². The number of fused-ring (bicyclic) bond motifs is 1. The number of piperidine rings is 1. The first-order valence-corrected chi connectivity index (χ1v) is 9.32. The first-order chi connectivity index (χ1) is 12.8. The maximum Gasteiger partial charge on any atom is 0.128 e. The van der Waals surface area contributed by atoms with E-state index in [1.165, 1.54) is 0 Å². The van der Waals surface area contributed by atoms with Crippen molar-refractivity contribution in [1.82, 2.24) is 10.3 Å². The summed E-state index contributed by atoms with van der Waals surface area (Å²) in [7, 11) is 0. The lowest BCUT2D eigenvalue weighted by molar-refractivity contribution is 0.163. The fourth-order valence-corrected chi connectivity index (χ4v) is 3.55. The molecular weight excluding hydrogens is 360 g/mol. The molecule has 2 heterocycles. The van der Waals surface area contributed by atoms with Gasteiger partial charge < -0.3 is 14.8 Å². The summed E-state index contributed by atoms with van der Waals surface area (Å²) in [5, 5.41) is 5.66. The molecule has 3 aromatic rings. The van der Waals surface area contributed by atoms with E-state index in [2.05, 4.69) is 40.6 Å². The Morgan fingerprint density at radius 2 is 1.96 bits per heavy atom. The maximum atomic E-state index is 6.45. The predicted octanol–water partition coefficient (Wildman–Crippen LogP) is 4.85. The lowest BCUT2D eigenvalue weighted by atomic mass is 9.97. The lowest BCUT2D eigenvalue weighted by Crippen LogP contribution is -2.34. The van der Waals surface area contributed by atoms with Gasteiger partial charge in [-0.3, -0.25) is 4.98 Å². The van der Waals surface area contributed by atoms with Gasteiger partial charge in [-0.1, -0.05) is 12.1 Å². The number of ether oxygens (including phenoxy) is 2. The van der Waals surface area contributed by atoms with Crippen molar-refractivity contribution in [3.05, 3.63) is 54.9 Å². The average molecular weight is 385 g/mol. The van der Waals surface area contributed by atoms with Gasteiger partial charge in [-0.2, -0.15) is 0 Å². The van der Waals surface area contributed by atoms with Gasteiger partial charge in [0.25, 0.3) is 0 Å². The van der Waals surface area contributed by atoms with Crippen LogP contribution in [0.3, 0.4) is 0 Å². The van der Waals surface area contributed by atoms with E-state index in [-0.39, 0.29) is 18.5 Å². The SMILES string of the molecule is CCOc1cccc(-c2c(OC3CCNCC3)ccc3cnccc23)c1.Cl. The summed E-state index contributed by atoms with van der Waals surface area (Å²) in [5.41, 5.74) is 2.22. The number of hydrogen-bond donors (Lipinski definition) is 1. The van der Waals surface area contributed by atoms with Crippen LogP contribution in [0.15, 0.2) is 54.9 Å². The van der Waals surface area contributed by atoms with E-state index in [1.807, 2.05) is 31.5 Å². The molecule has 142 valence electrons. The molecule has 27 heavy (non-hydrogen) atoms. The van der Waals surface area contributed by atoms with E-state index < -0.39 is 0 Å². The Balaban J connectivity index is 0.00000210. The van der Waals surface area contributed by atoms with E-state index in [0.29, 0.717) is 6.61 Å². The Labute approximate surface area is 166 Å². The molecule has 1 aliphatic rings. The zero-order valence-corrected chi connectivity index (χ0v) is 16.3. The second-order valence-corrected chi connectivity index (χ2v) is 6.56. The molecule has 0 amide bonds. The van der Waals surface area contributed by atoms with Crippen LogP contribution >= 0.6 is 12.4 Å². The zero-order chi connectivity index (χ0) is 17.8. The van der Waals surface area contributed by atoms with Crippen LogP contribution in [0.2, 0.25) is 0 Å². The summed E-state index contributed by atoms with van der Waals surface area (Å²) in [6, 6.07) is 14.5. The van der Waals surface area contributed by atoms with Crippen LogP contribution in [0.1, 0.15) is 19.8 Å². The van der Waals surface area contributed by atoms with Crippen molar-refractivity contribution in [3.8, 4) is 22.6 Å². The largest absolute Gasteiger partial charge is 0.494 e. The van der Waals surface area contributed by atoms with Crippen LogP contribution in [-0.4, -0.2) is 30.8 Å². The number of aromatic nitrogens is 1. The molecule has 2 aromatic carbocycles. The molecule has 4 rings (SSSR count). The zero-order valence-electron chi connectivity index (χ0n) is 15.5. The molecule has 0 aliphatic carbocycles. The van der Waals surface area contributed by atoms with Gasteiger partial charge in [0.2, 0.25) is 0 Å². The molecule has 1 aromatic heterocycles. The standard InChI is InChI=1S/C22H24N2O2.ClH/c1-2-25-19-5-3-4-16(14-19)22-20-10-13-24-15-17(20)6-7-21(22)26-18-8-11-23-12-9-18;/h3-7,10,13-15,18,23H,2,8-9,11-12H2,1H3;1H. The maximum absolute atomic E-state index is 6.45. The lowest BCUT2D eigenvalue weighted by Gasteiger charge is -2.25. The molecule has 0 saturated carbocycles. The number of nitrogens with zero attached hydrogens (tertiary/aromatic N) is 1. The summed E-state index contributed by atoms with van der Waals surface area (Å²) < 4.78 is 12.2. The van der Waals surface area contributed by atoms with E-state index in [0.717, 1.165) is 59.3 Å². The number of nitrogens with one attached hydrogen (secondary N) is 1. The molecule has 1 aliphatic heterocycles. The summed E-state index contributed by atoms with van der Waals surface area (Å²) in [6.07, 6.45) is 6.07.